The van der Waals surface area contributed by atoms with E-state index in [0.717, 1.165) is 26.2 Å². The monoisotopic (exact) mass is 214 g/mol. The third-order valence-electron chi connectivity index (χ3n) is 1.99. The molecule has 0 fully saturated rings. The molecular weight excluding hydrogens is 196 g/mol. The van der Waals surface area contributed by atoms with Crippen molar-refractivity contribution in [1.82, 2.24) is 9.88 Å². The SMILES string of the molecule is CCCN(CCOC)Cc1nccs1. The Morgan fingerprint density at radius 2 is 2.36 bits per heavy atom. The van der Waals surface area contributed by atoms with Gasteiger partial charge in [0.1, 0.15) is 5.01 Å². The Labute approximate surface area is 89.7 Å². The Balaban J connectivity index is 2.34. The summed E-state index contributed by atoms with van der Waals surface area (Å²) in [6, 6.07) is 0. The van der Waals surface area contributed by atoms with Crippen LogP contribution in [0.4, 0.5) is 0 Å². The fraction of sp³-hybridized carbons (Fsp3) is 0.700. The lowest BCUT2D eigenvalue weighted by atomic mass is 10.4. The molecule has 1 rings (SSSR count). The maximum Gasteiger partial charge on any atom is 0.107 e. The minimum absolute atomic E-state index is 0.797. The maximum absolute atomic E-state index is 5.08. The van der Waals surface area contributed by atoms with Crippen molar-refractivity contribution in [2.24, 2.45) is 0 Å². The zero-order valence-electron chi connectivity index (χ0n) is 8.90. The minimum atomic E-state index is 0.797. The molecule has 3 nitrogen and oxygen atoms in total. The summed E-state index contributed by atoms with van der Waals surface area (Å²) in [5, 5.41) is 3.21. The number of thiazole rings is 1. The Kier molecular flexibility index (Phi) is 5.75. The normalized spacial score (nSPS) is 11.1. The summed E-state index contributed by atoms with van der Waals surface area (Å²) in [4.78, 5) is 6.66. The molecule has 0 aliphatic heterocycles. The second-order valence-corrected chi connectivity index (χ2v) is 4.17. The molecule has 1 heterocycles. The van der Waals surface area contributed by atoms with E-state index in [0.29, 0.717) is 0 Å². The van der Waals surface area contributed by atoms with Crippen LogP contribution < -0.4 is 0 Å². The van der Waals surface area contributed by atoms with Gasteiger partial charge in [-0.2, -0.15) is 0 Å². The highest BCUT2D eigenvalue weighted by atomic mass is 32.1. The Hall–Kier alpha value is -0.450. The van der Waals surface area contributed by atoms with Crippen molar-refractivity contribution in [2.75, 3.05) is 26.8 Å². The van der Waals surface area contributed by atoms with Gasteiger partial charge in [0.05, 0.1) is 13.2 Å². The van der Waals surface area contributed by atoms with Crippen LogP contribution in [-0.4, -0.2) is 36.7 Å². The number of rotatable bonds is 7. The zero-order valence-corrected chi connectivity index (χ0v) is 9.72. The zero-order chi connectivity index (χ0) is 10.2. The third-order valence-corrected chi connectivity index (χ3v) is 2.76. The number of nitrogens with zero attached hydrogens (tertiary/aromatic N) is 2. The first-order valence-corrected chi connectivity index (χ1v) is 5.84. The smallest absolute Gasteiger partial charge is 0.107 e. The highest BCUT2D eigenvalue weighted by molar-refractivity contribution is 7.09. The molecule has 0 unspecified atom stereocenters. The summed E-state index contributed by atoms with van der Waals surface area (Å²) in [7, 11) is 1.74. The van der Waals surface area contributed by atoms with Crippen LogP contribution in [0.1, 0.15) is 18.4 Å². The van der Waals surface area contributed by atoms with Crippen molar-refractivity contribution < 1.29 is 4.74 Å². The molecule has 0 aromatic carbocycles. The molecule has 0 radical (unpaired) electrons. The molecule has 0 saturated heterocycles. The third kappa shape index (κ3) is 4.17. The summed E-state index contributed by atoms with van der Waals surface area (Å²) in [6.45, 7) is 6.05. The topological polar surface area (TPSA) is 25.4 Å². The quantitative estimate of drug-likeness (QED) is 0.694. The van der Waals surface area contributed by atoms with Crippen LogP contribution in [0.15, 0.2) is 11.6 Å². The van der Waals surface area contributed by atoms with Crippen molar-refractivity contribution in [2.45, 2.75) is 19.9 Å². The second kappa shape index (κ2) is 6.92. The van der Waals surface area contributed by atoms with Gasteiger partial charge >= 0.3 is 0 Å². The summed E-state index contributed by atoms with van der Waals surface area (Å²) in [5.74, 6) is 0. The molecular formula is C10H18N2OS. The van der Waals surface area contributed by atoms with Crippen molar-refractivity contribution in [3.8, 4) is 0 Å². The fourth-order valence-corrected chi connectivity index (χ4v) is 1.99. The lowest BCUT2D eigenvalue weighted by Crippen LogP contribution is -2.27. The van der Waals surface area contributed by atoms with Gasteiger partial charge in [0.25, 0.3) is 0 Å². The van der Waals surface area contributed by atoms with Gasteiger partial charge in [0.15, 0.2) is 0 Å². The van der Waals surface area contributed by atoms with Crippen LogP contribution in [-0.2, 0) is 11.3 Å². The molecule has 4 heteroatoms. The van der Waals surface area contributed by atoms with Gasteiger partial charge in [-0.15, -0.1) is 11.3 Å². The second-order valence-electron chi connectivity index (χ2n) is 3.19. The van der Waals surface area contributed by atoms with E-state index in [1.54, 1.807) is 18.4 Å². The summed E-state index contributed by atoms with van der Waals surface area (Å²) < 4.78 is 5.08. The van der Waals surface area contributed by atoms with Gasteiger partial charge < -0.3 is 4.74 Å². The van der Waals surface area contributed by atoms with Crippen molar-refractivity contribution in [3.05, 3.63) is 16.6 Å². The standard InChI is InChI=1S/C10H18N2OS/c1-3-5-12(6-7-13-2)9-10-11-4-8-14-10/h4,8H,3,5-7,9H2,1-2H3. The van der Waals surface area contributed by atoms with Gasteiger partial charge in [0.2, 0.25) is 0 Å². The van der Waals surface area contributed by atoms with Gasteiger partial charge in [-0.1, -0.05) is 6.92 Å². The minimum Gasteiger partial charge on any atom is -0.383 e. The van der Waals surface area contributed by atoms with E-state index in [4.69, 9.17) is 4.74 Å². The van der Waals surface area contributed by atoms with Crippen LogP contribution in [0.5, 0.6) is 0 Å². The van der Waals surface area contributed by atoms with E-state index in [-0.39, 0.29) is 0 Å². The number of ether oxygens (including phenoxy) is 1. The lowest BCUT2D eigenvalue weighted by molar-refractivity contribution is 0.144. The van der Waals surface area contributed by atoms with Crippen LogP contribution in [0.25, 0.3) is 0 Å². The van der Waals surface area contributed by atoms with Crippen molar-refractivity contribution in [1.29, 1.82) is 0 Å². The van der Waals surface area contributed by atoms with E-state index in [9.17, 15) is 0 Å². The molecule has 1 aromatic heterocycles. The van der Waals surface area contributed by atoms with E-state index >= 15 is 0 Å². The van der Waals surface area contributed by atoms with Crippen LogP contribution in [0.3, 0.4) is 0 Å². The Morgan fingerprint density at radius 3 is 2.93 bits per heavy atom. The largest absolute Gasteiger partial charge is 0.383 e. The highest BCUT2D eigenvalue weighted by Crippen LogP contribution is 2.08. The molecule has 0 atom stereocenters. The average Bonchev–Trinajstić information content (AvgIpc) is 2.67. The van der Waals surface area contributed by atoms with E-state index in [2.05, 4.69) is 16.8 Å². The molecule has 0 N–H and O–H groups in total. The lowest BCUT2D eigenvalue weighted by Gasteiger charge is -2.19. The van der Waals surface area contributed by atoms with Crippen molar-refractivity contribution >= 4 is 11.3 Å². The van der Waals surface area contributed by atoms with E-state index < -0.39 is 0 Å². The first-order valence-electron chi connectivity index (χ1n) is 4.96. The molecule has 80 valence electrons. The molecule has 0 saturated carbocycles. The summed E-state index contributed by atoms with van der Waals surface area (Å²) in [6.07, 6.45) is 3.04. The molecule has 0 amide bonds. The van der Waals surface area contributed by atoms with Crippen LogP contribution >= 0.6 is 11.3 Å². The molecule has 0 aliphatic carbocycles. The van der Waals surface area contributed by atoms with Gasteiger partial charge in [-0.3, -0.25) is 4.90 Å². The van der Waals surface area contributed by atoms with Gasteiger partial charge in [-0.05, 0) is 13.0 Å². The Morgan fingerprint density at radius 1 is 1.50 bits per heavy atom. The fourth-order valence-electron chi connectivity index (χ4n) is 1.33. The van der Waals surface area contributed by atoms with E-state index in [1.165, 1.54) is 11.4 Å². The maximum atomic E-state index is 5.08. The van der Waals surface area contributed by atoms with Gasteiger partial charge in [0, 0.05) is 25.2 Å². The van der Waals surface area contributed by atoms with Crippen molar-refractivity contribution in [3.63, 3.8) is 0 Å². The number of hydrogen-bond donors (Lipinski definition) is 0. The summed E-state index contributed by atoms with van der Waals surface area (Å²) >= 11 is 1.72. The van der Waals surface area contributed by atoms with Crippen LogP contribution in [0.2, 0.25) is 0 Å². The highest BCUT2D eigenvalue weighted by Gasteiger charge is 2.05. The molecule has 0 aliphatic rings. The molecule has 0 spiro atoms. The average molecular weight is 214 g/mol. The predicted molar refractivity (Wildman–Crippen MR) is 59.6 cm³/mol. The van der Waals surface area contributed by atoms with Crippen LogP contribution in [0, 0.1) is 0 Å². The predicted octanol–water partition coefficient (Wildman–Crippen LogP) is 2.00. The number of aromatic nitrogens is 1. The molecule has 1 aromatic rings. The molecule has 14 heavy (non-hydrogen) atoms. The Bertz CT molecular complexity index is 226. The van der Waals surface area contributed by atoms with E-state index in [1.807, 2.05) is 11.6 Å². The molecule has 0 bridgehead atoms. The number of methoxy groups -OCH3 is 1. The number of hydrogen-bond acceptors (Lipinski definition) is 4. The first-order chi connectivity index (χ1) is 6.86. The summed E-state index contributed by atoms with van der Waals surface area (Å²) in [5.41, 5.74) is 0. The first kappa shape index (κ1) is 11.6. The van der Waals surface area contributed by atoms with Gasteiger partial charge in [-0.25, -0.2) is 4.98 Å².